The number of carbonyl (C=O) groups is 2. The molecule has 2 aliphatic heterocycles. The van der Waals surface area contributed by atoms with Crippen molar-refractivity contribution in [1.29, 1.82) is 0 Å². The van der Waals surface area contributed by atoms with E-state index < -0.39 is 0 Å². The van der Waals surface area contributed by atoms with E-state index in [4.69, 9.17) is 0 Å². The van der Waals surface area contributed by atoms with E-state index in [1.165, 1.54) is 11.9 Å². The summed E-state index contributed by atoms with van der Waals surface area (Å²) in [4.78, 5) is 39.1. The van der Waals surface area contributed by atoms with Crippen molar-refractivity contribution >= 4 is 23.2 Å². The average Bonchev–Trinajstić information content (AvgIpc) is 3.41. The smallest absolute Gasteiger partial charge is 0.254 e. The Kier molecular flexibility index (Phi) is 10.1. The van der Waals surface area contributed by atoms with Crippen molar-refractivity contribution in [1.82, 2.24) is 30.4 Å². The molecule has 2 aromatic rings. The molecule has 9 heteroatoms. The molecule has 0 saturated carbocycles. The lowest BCUT2D eigenvalue weighted by molar-refractivity contribution is -0.136. The first-order chi connectivity index (χ1) is 17.9. The molecule has 1 atom stereocenters. The molecule has 0 bridgehead atoms. The van der Waals surface area contributed by atoms with Crippen LogP contribution >= 0.6 is 11.3 Å². The van der Waals surface area contributed by atoms with E-state index in [9.17, 15) is 9.59 Å². The summed E-state index contributed by atoms with van der Waals surface area (Å²) in [5.74, 6) is 0.727. The third-order valence-electron chi connectivity index (χ3n) is 8.04. The highest BCUT2D eigenvalue weighted by Crippen LogP contribution is 2.25. The van der Waals surface area contributed by atoms with Gasteiger partial charge in [-0.3, -0.25) is 9.59 Å². The number of piperidine rings is 2. The molecule has 0 radical (unpaired) electrons. The molecule has 37 heavy (non-hydrogen) atoms. The fourth-order valence-corrected chi connectivity index (χ4v) is 6.34. The number of hydrogen-bond acceptors (Lipinski definition) is 7. The molecule has 2 N–H and O–H groups in total. The normalized spacial score (nSPS) is 18.5. The summed E-state index contributed by atoms with van der Waals surface area (Å²) in [6, 6.07) is 2.80. The molecule has 8 nitrogen and oxygen atoms in total. The molecule has 4 rings (SSSR count). The third kappa shape index (κ3) is 7.58. The topological polar surface area (TPSA) is 90.5 Å². The minimum absolute atomic E-state index is 0.0992. The fraction of sp³-hybridized carbons (Fsp3) is 0.643. The highest BCUT2D eigenvalue weighted by atomic mass is 32.1. The van der Waals surface area contributed by atoms with Gasteiger partial charge in [0.1, 0.15) is 6.33 Å². The molecule has 0 aliphatic carbocycles. The summed E-state index contributed by atoms with van der Waals surface area (Å²) in [7, 11) is 0. The number of thiophene rings is 1. The number of rotatable bonds is 10. The van der Waals surface area contributed by atoms with E-state index in [0.717, 1.165) is 64.8 Å². The average molecular weight is 527 g/mol. The number of nitrogens with zero attached hydrogens (tertiary/aromatic N) is 4. The summed E-state index contributed by atoms with van der Waals surface area (Å²) >= 11 is 1.70. The van der Waals surface area contributed by atoms with Gasteiger partial charge in [0.05, 0.1) is 17.0 Å². The number of hydrogen-bond donors (Lipinski definition) is 2. The van der Waals surface area contributed by atoms with Crippen LogP contribution in [0.1, 0.15) is 72.8 Å². The van der Waals surface area contributed by atoms with Crippen LogP contribution in [0, 0.1) is 19.8 Å². The first kappa shape index (κ1) is 27.7. The quantitative estimate of drug-likeness (QED) is 0.492. The fourth-order valence-electron chi connectivity index (χ4n) is 5.68. The summed E-state index contributed by atoms with van der Waals surface area (Å²) in [6.07, 6.45) is 7.25. The van der Waals surface area contributed by atoms with Gasteiger partial charge in [-0.2, -0.15) is 11.3 Å². The van der Waals surface area contributed by atoms with Gasteiger partial charge in [0.2, 0.25) is 5.91 Å². The second-order valence-corrected chi connectivity index (χ2v) is 11.4. The first-order valence-electron chi connectivity index (χ1n) is 13.7. The van der Waals surface area contributed by atoms with Crippen molar-refractivity contribution < 1.29 is 9.59 Å². The number of aromatic nitrogens is 2. The Bertz CT molecular complexity index is 995. The number of amides is 2. The summed E-state index contributed by atoms with van der Waals surface area (Å²) in [6.45, 7) is 11.3. The maximum absolute atomic E-state index is 13.5. The molecule has 0 aromatic carbocycles. The lowest BCUT2D eigenvalue weighted by atomic mass is 9.93. The minimum atomic E-state index is -0.0992. The van der Waals surface area contributed by atoms with Gasteiger partial charge >= 0.3 is 0 Å². The Morgan fingerprint density at radius 2 is 1.86 bits per heavy atom. The predicted molar refractivity (Wildman–Crippen MR) is 148 cm³/mol. The third-order valence-corrected chi connectivity index (χ3v) is 8.77. The number of carbonyl (C=O) groups excluding carboxylic acids is 2. The summed E-state index contributed by atoms with van der Waals surface area (Å²) in [5, 5.41) is 10.7. The van der Waals surface area contributed by atoms with Crippen molar-refractivity contribution in [3.8, 4) is 0 Å². The van der Waals surface area contributed by atoms with Gasteiger partial charge in [0.15, 0.2) is 0 Å². The molecule has 2 amide bonds. The van der Waals surface area contributed by atoms with E-state index in [1.807, 2.05) is 13.8 Å². The van der Waals surface area contributed by atoms with Crippen molar-refractivity contribution in [3.63, 3.8) is 0 Å². The van der Waals surface area contributed by atoms with Gasteiger partial charge in [-0.05, 0) is 94.3 Å². The molecule has 202 valence electrons. The highest BCUT2D eigenvalue weighted by Gasteiger charge is 2.31. The highest BCUT2D eigenvalue weighted by molar-refractivity contribution is 7.07. The molecule has 4 heterocycles. The zero-order valence-electron chi connectivity index (χ0n) is 22.5. The monoisotopic (exact) mass is 526 g/mol. The van der Waals surface area contributed by atoms with E-state index in [2.05, 4.69) is 54.2 Å². The Labute approximate surface area is 225 Å². The Morgan fingerprint density at radius 3 is 2.51 bits per heavy atom. The summed E-state index contributed by atoms with van der Waals surface area (Å²) in [5.41, 5.74) is 3.24. The van der Waals surface area contributed by atoms with Crippen LogP contribution in [0.15, 0.2) is 23.2 Å². The zero-order valence-corrected chi connectivity index (χ0v) is 23.4. The lowest BCUT2D eigenvalue weighted by Crippen LogP contribution is -2.49. The maximum atomic E-state index is 13.5. The van der Waals surface area contributed by atoms with Crippen LogP contribution in [0.2, 0.25) is 0 Å². The molecule has 2 fully saturated rings. The minimum Gasteiger partial charge on any atom is -0.352 e. The molecule has 1 unspecified atom stereocenters. The van der Waals surface area contributed by atoms with Gasteiger partial charge < -0.3 is 20.4 Å². The van der Waals surface area contributed by atoms with Crippen LogP contribution in [0.4, 0.5) is 0 Å². The van der Waals surface area contributed by atoms with Crippen LogP contribution in [0.25, 0.3) is 0 Å². The van der Waals surface area contributed by atoms with Gasteiger partial charge in [0.25, 0.3) is 5.91 Å². The SMILES string of the molecule is Cc1ncnc(C)c1C(=O)NCCC(C)N1CCC(N(Cc2ccsc2)C(=O)CC2CCNCC2)CC1. The maximum Gasteiger partial charge on any atom is 0.254 e. The van der Waals surface area contributed by atoms with Crippen LogP contribution in [-0.4, -0.2) is 76.4 Å². The second kappa shape index (κ2) is 13.4. The predicted octanol–water partition coefficient (Wildman–Crippen LogP) is 3.55. The van der Waals surface area contributed by atoms with E-state index in [0.29, 0.717) is 53.8 Å². The first-order valence-corrected chi connectivity index (χ1v) is 14.7. The van der Waals surface area contributed by atoms with E-state index in [1.54, 1.807) is 11.3 Å². The second-order valence-electron chi connectivity index (χ2n) is 10.6. The Morgan fingerprint density at radius 1 is 1.16 bits per heavy atom. The molecular formula is C28H42N6O2S. The molecule has 2 aromatic heterocycles. The number of nitrogens with one attached hydrogen (secondary N) is 2. The van der Waals surface area contributed by atoms with Gasteiger partial charge in [0, 0.05) is 44.7 Å². The molecule has 2 saturated heterocycles. The number of aryl methyl sites for hydroxylation is 2. The molecular weight excluding hydrogens is 484 g/mol. The van der Waals surface area contributed by atoms with Crippen LogP contribution in [-0.2, 0) is 11.3 Å². The largest absolute Gasteiger partial charge is 0.352 e. The molecule has 2 aliphatic rings. The Hall–Kier alpha value is -2.36. The van der Waals surface area contributed by atoms with Crippen molar-refractivity contribution in [2.24, 2.45) is 5.92 Å². The number of likely N-dealkylation sites (tertiary alicyclic amines) is 1. The van der Waals surface area contributed by atoms with Crippen LogP contribution < -0.4 is 10.6 Å². The van der Waals surface area contributed by atoms with Gasteiger partial charge in [-0.25, -0.2) is 9.97 Å². The standard InChI is InChI=1S/C28H42N6O2S/c1-20(4-12-30-28(36)27-21(2)31-19-32-22(27)3)33-13-7-25(8-14-33)34(17-24-9-15-37-18-24)26(35)16-23-5-10-29-11-6-23/h9,15,18-20,23,25,29H,4-8,10-14,16-17H2,1-3H3,(H,30,36). The zero-order chi connectivity index (χ0) is 26.2. The van der Waals surface area contributed by atoms with Gasteiger partial charge in [-0.1, -0.05) is 0 Å². The molecule has 0 spiro atoms. The van der Waals surface area contributed by atoms with Crippen LogP contribution in [0.5, 0.6) is 0 Å². The van der Waals surface area contributed by atoms with Crippen LogP contribution in [0.3, 0.4) is 0 Å². The van der Waals surface area contributed by atoms with Crippen molar-refractivity contribution in [2.45, 2.75) is 77.9 Å². The lowest BCUT2D eigenvalue weighted by Gasteiger charge is -2.41. The summed E-state index contributed by atoms with van der Waals surface area (Å²) < 4.78 is 0. The van der Waals surface area contributed by atoms with Crippen molar-refractivity contribution in [3.05, 3.63) is 45.7 Å². The van der Waals surface area contributed by atoms with Crippen molar-refractivity contribution in [2.75, 3.05) is 32.7 Å². The Balaban J connectivity index is 1.27. The van der Waals surface area contributed by atoms with Gasteiger partial charge in [-0.15, -0.1) is 0 Å². The van der Waals surface area contributed by atoms with E-state index >= 15 is 0 Å². The van der Waals surface area contributed by atoms with E-state index in [-0.39, 0.29) is 5.91 Å².